The van der Waals surface area contributed by atoms with E-state index in [2.05, 4.69) is 37.2 Å². The summed E-state index contributed by atoms with van der Waals surface area (Å²) in [6.45, 7) is 0. The van der Waals surface area contributed by atoms with E-state index in [4.69, 9.17) is 0 Å². The van der Waals surface area contributed by atoms with Crippen molar-refractivity contribution in [1.82, 2.24) is 5.32 Å². The summed E-state index contributed by atoms with van der Waals surface area (Å²) in [5, 5.41) is 3.06. The second-order valence-corrected chi connectivity index (χ2v) is 6.38. The Kier molecular flexibility index (Phi) is 5.11. The third kappa shape index (κ3) is 4.08. The molecule has 1 nitrogen and oxygen atoms in total. The van der Waals surface area contributed by atoms with Crippen molar-refractivity contribution in [2.45, 2.75) is 12.2 Å². The van der Waals surface area contributed by atoms with E-state index in [1.165, 1.54) is 12.1 Å². The number of halogens is 5. The molecule has 1 atom stereocenters. The van der Waals surface area contributed by atoms with Crippen molar-refractivity contribution >= 4 is 31.9 Å². The number of nitrogens with one attached hydrogen (secondary N) is 1. The molecule has 0 aliphatic carbocycles. The lowest BCUT2D eigenvalue weighted by molar-refractivity contribution is -0.137. The van der Waals surface area contributed by atoms with Crippen LogP contribution in [0.3, 0.4) is 0 Å². The van der Waals surface area contributed by atoms with E-state index in [9.17, 15) is 13.2 Å². The Morgan fingerprint density at radius 1 is 0.952 bits per heavy atom. The molecule has 1 unspecified atom stereocenters. The molecule has 0 fully saturated rings. The second kappa shape index (κ2) is 6.50. The topological polar surface area (TPSA) is 12.0 Å². The van der Waals surface area contributed by atoms with Gasteiger partial charge >= 0.3 is 6.18 Å². The Labute approximate surface area is 137 Å². The van der Waals surface area contributed by atoms with Crippen LogP contribution in [0.15, 0.2) is 51.4 Å². The van der Waals surface area contributed by atoms with Gasteiger partial charge in [0.25, 0.3) is 0 Å². The zero-order valence-corrected chi connectivity index (χ0v) is 14.2. The molecule has 2 aromatic rings. The largest absolute Gasteiger partial charge is 0.416 e. The molecule has 0 aromatic heterocycles. The fourth-order valence-electron chi connectivity index (χ4n) is 2.16. The highest BCUT2D eigenvalue weighted by atomic mass is 79.9. The number of alkyl halides is 3. The van der Waals surface area contributed by atoms with E-state index >= 15 is 0 Å². The van der Waals surface area contributed by atoms with E-state index in [-0.39, 0.29) is 6.04 Å². The van der Waals surface area contributed by atoms with Crippen LogP contribution in [0.25, 0.3) is 0 Å². The average molecular weight is 423 g/mol. The number of benzene rings is 2. The maximum Gasteiger partial charge on any atom is 0.416 e. The summed E-state index contributed by atoms with van der Waals surface area (Å²) in [5.74, 6) is 0. The van der Waals surface area contributed by atoms with Gasteiger partial charge in [0.05, 0.1) is 11.6 Å². The number of hydrogen-bond donors (Lipinski definition) is 1. The first-order valence-electron chi connectivity index (χ1n) is 6.11. The normalized spacial score (nSPS) is 13.2. The van der Waals surface area contributed by atoms with Crippen LogP contribution in [-0.4, -0.2) is 7.05 Å². The van der Waals surface area contributed by atoms with E-state index in [1.54, 1.807) is 13.1 Å². The molecule has 0 aliphatic rings. The highest BCUT2D eigenvalue weighted by Crippen LogP contribution is 2.33. The van der Waals surface area contributed by atoms with Crippen LogP contribution >= 0.6 is 31.9 Å². The van der Waals surface area contributed by atoms with Crippen LogP contribution in [0.2, 0.25) is 0 Å². The molecule has 0 heterocycles. The first-order valence-corrected chi connectivity index (χ1v) is 7.70. The molecule has 0 spiro atoms. The van der Waals surface area contributed by atoms with E-state index in [1.807, 2.05) is 18.2 Å². The Morgan fingerprint density at radius 2 is 1.57 bits per heavy atom. The molecule has 1 N–H and O–H groups in total. The van der Waals surface area contributed by atoms with E-state index in [0.29, 0.717) is 5.56 Å². The second-order valence-electron chi connectivity index (χ2n) is 4.55. The van der Waals surface area contributed by atoms with Gasteiger partial charge < -0.3 is 5.32 Å². The van der Waals surface area contributed by atoms with Crippen molar-refractivity contribution in [3.8, 4) is 0 Å². The van der Waals surface area contributed by atoms with Gasteiger partial charge in [-0.05, 0) is 48.5 Å². The molecule has 2 aromatic carbocycles. The van der Waals surface area contributed by atoms with Gasteiger partial charge in [-0.2, -0.15) is 13.2 Å². The molecule has 6 heteroatoms. The zero-order chi connectivity index (χ0) is 15.6. The van der Waals surface area contributed by atoms with Gasteiger partial charge in [-0.1, -0.05) is 44.0 Å². The van der Waals surface area contributed by atoms with Gasteiger partial charge in [-0.3, -0.25) is 0 Å². The summed E-state index contributed by atoms with van der Waals surface area (Å²) < 4.78 is 40.2. The molecule has 2 rings (SSSR count). The number of rotatable bonds is 3. The predicted molar refractivity (Wildman–Crippen MR) is 84.2 cm³/mol. The molecule has 0 radical (unpaired) electrons. The van der Waals surface area contributed by atoms with Crippen LogP contribution in [0.1, 0.15) is 22.7 Å². The molecule has 112 valence electrons. The Hall–Kier alpha value is -0.850. The molecular weight excluding hydrogens is 411 g/mol. The highest BCUT2D eigenvalue weighted by Gasteiger charge is 2.31. The maximum atomic E-state index is 12.8. The fraction of sp³-hybridized carbons (Fsp3) is 0.200. The van der Waals surface area contributed by atoms with Crippen LogP contribution in [0.4, 0.5) is 13.2 Å². The molecule has 0 amide bonds. The van der Waals surface area contributed by atoms with Crippen LogP contribution in [-0.2, 0) is 6.18 Å². The van der Waals surface area contributed by atoms with Crippen molar-refractivity contribution < 1.29 is 13.2 Å². The Morgan fingerprint density at radius 3 is 2.10 bits per heavy atom. The third-order valence-electron chi connectivity index (χ3n) is 3.05. The van der Waals surface area contributed by atoms with Crippen LogP contribution in [0.5, 0.6) is 0 Å². The minimum Gasteiger partial charge on any atom is -0.309 e. The average Bonchev–Trinajstić information content (AvgIpc) is 2.38. The van der Waals surface area contributed by atoms with Gasteiger partial charge in [0.15, 0.2) is 0 Å². The predicted octanol–water partition coefficient (Wildman–Crippen LogP) is 5.54. The van der Waals surface area contributed by atoms with E-state index in [0.717, 1.165) is 20.6 Å². The molecular formula is C15H12Br2F3N. The van der Waals surface area contributed by atoms with Crippen LogP contribution in [0, 0.1) is 0 Å². The quantitative estimate of drug-likeness (QED) is 0.684. The van der Waals surface area contributed by atoms with Gasteiger partial charge in [-0.25, -0.2) is 0 Å². The SMILES string of the molecule is CNC(c1cc(Br)cc(Br)c1)c1cccc(C(F)(F)F)c1. The summed E-state index contributed by atoms with van der Waals surface area (Å²) in [7, 11) is 1.72. The highest BCUT2D eigenvalue weighted by molar-refractivity contribution is 9.11. The maximum absolute atomic E-state index is 12.8. The van der Waals surface area contributed by atoms with Gasteiger partial charge in [0.1, 0.15) is 0 Å². The third-order valence-corrected chi connectivity index (χ3v) is 3.97. The number of hydrogen-bond acceptors (Lipinski definition) is 1. The molecule has 0 bridgehead atoms. The van der Waals surface area contributed by atoms with Gasteiger partial charge in [0.2, 0.25) is 0 Å². The summed E-state index contributed by atoms with van der Waals surface area (Å²) in [5.41, 5.74) is 0.796. The van der Waals surface area contributed by atoms with Gasteiger partial charge in [-0.15, -0.1) is 0 Å². The lowest BCUT2D eigenvalue weighted by atomic mass is 9.97. The lowest BCUT2D eigenvalue weighted by Gasteiger charge is -2.19. The Balaban J connectivity index is 2.46. The molecule has 21 heavy (non-hydrogen) atoms. The first kappa shape index (κ1) is 16.5. The van der Waals surface area contributed by atoms with Crippen molar-refractivity contribution in [2.24, 2.45) is 0 Å². The summed E-state index contributed by atoms with van der Waals surface area (Å²) in [6.07, 6.45) is -4.34. The minimum atomic E-state index is -4.34. The fourth-order valence-corrected chi connectivity index (χ4v) is 3.49. The monoisotopic (exact) mass is 421 g/mol. The summed E-state index contributed by atoms with van der Waals surface area (Å²) >= 11 is 6.78. The molecule has 0 saturated carbocycles. The smallest absolute Gasteiger partial charge is 0.309 e. The summed E-state index contributed by atoms with van der Waals surface area (Å²) in [4.78, 5) is 0. The van der Waals surface area contributed by atoms with Crippen molar-refractivity contribution in [1.29, 1.82) is 0 Å². The first-order chi connectivity index (χ1) is 9.81. The molecule has 0 aliphatic heterocycles. The van der Waals surface area contributed by atoms with Crippen molar-refractivity contribution in [2.75, 3.05) is 7.05 Å². The minimum absolute atomic E-state index is 0.318. The Bertz CT molecular complexity index is 621. The van der Waals surface area contributed by atoms with Crippen molar-refractivity contribution in [3.63, 3.8) is 0 Å². The lowest BCUT2D eigenvalue weighted by Crippen LogP contribution is -2.18. The summed E-state index contributed by atoms with van der Waals surface area (Å²) in [6, 6.07) is 10.7. The van der Waals surface area contributed by atoms with Gasteiger partial charge in [0, 0.05) is 8.95 Å². The van der Waals surface area contributed by atoms with Crippen molar-refractivity contribution in [3.05, 3.63) is 68.1 Å². The van der Waals surface area contributed by atoms with Crippen LogP contribution < -0.4 is 5.32 Å². The van der Waals surface area contributed by atoms with E-state index < -0.39 is 11.7 Å². The molecule has 0 saturated heterocycles. The zero-order valence-electron chi connectivity index (χ0n) is 11.0. The standard InChI is InChI=1S/C15H12Br2F3N/c1-21-14(10-6-12(16)8-13(17)7-10)9-3-2-4-11(5-9)15(18,19)20/h2-8,14,21H,1H3.